The topological polar surface area (TPSA) is 51.7 Å². The first-order chi connectivity index (χ1) is 13.9. The number of ether oxygens (including phenoxy) is 2. The molecule has 1 aromatic carbocycles. The second-order valence-corrected chi connectivity index (χ2v) is 7.18. The van der Waals surface area contributed by atoms with E-state index in [2.05, 4.69) is 4.98 Å². The Bertz CT molecular complexity index is 829. The van der Waals surface area contributed by atoms with Crippen LogP contribution in [0.2, 0.25) is 0 Å². The lowest BCUT2D eigenvalue weighted by Gasteiger charge is -2.32. The number of pyridine rings is 1. The number of hydrogen-bond acceptors (Lipinski definition) is 5. The lowest BCUT2D eigenvalue weighted by molar-refractivity contribution is -0.137. The Morgan fingerprint density at radius 2 is 2.07 bits per heavy atom. The molecule has 1 aliphatic heterocycles. The highest BCUT2D eigenvalue weighted by Gasteiger charge is 2.31. The molecular formula is C20H19F3N2O3S. The Hall–Kier alpha value is -2.52. The Kier molecular flexibility index (Phi) is 7.16. The summed E-state index contributed by atoms with van der Waals surface area (Å²) in [5.74, 6) is -0.0569. The highest BCUT2D eigenvalue weighted by atomic mass is 32.2. The maximum atomic E-state index is 12.6. The van der Waals surface area contributed by atoms with Crippen molar-refractivity contribution in [3.63, 3.8) is 0 Å². The van der Waals surface area contributed by atoms with Gasteiger partial charge in [-0.05, 0) is 23.6 Å². The molecule has 2 heterocycles. The fourth-order valence-corrected chi connectivity index (χ4v) is 3.26. The van der Waals surface area contributed by atoms with E-state index in [4.69, 9.17) is 9.47 Å². The van der Waals surface area contributed by atoms with Gasteiger partial charge in [0.1, 0.15) is 12.7 Å². The monoisotopic (exact) mass is 424 g/mol. The SMILES string of the molecule is O=C(/C=C/Sc1ccccc1)N1CCOC(COc2ccc(C(F)(F)F)cn2)C1. The predicted molar refractivity (Wildman–Crippen MR) is 102 cm³/mol. The number of morpholine rings is 1. The minimum absolute atomic E-state index is 0.0733. The van der Waals surface area contributed by atoms with Crippen LogP contribution in [-0.2, 0) is 15.7 Å². The van der Waals surface area contributed by atoms with Gasteiger partial charge in [-0.1, -0.05) is 30.0 Å². The Morgan fingerprint density at radius 3 is 2.76 bits per heavy atom. The van der Waals surface area contributed by atoms with Crippen molar-refractivity contribution in [1.82, 2.24) is 9.88 Å². The van der Waals surface area contributed by atoms with Gasteiger partial charge in [-0.25, -0.2) is 4.98 Å². The van der Waals surface area contributed by atoms with Crippen LogP contribution >= 0.6 is 11.8 Å². The second-order valence-electron chi connectivity index (χ2n) is 6.20. The van der Waals surface area contributed by atoms with Gasteiger partial charge in [0.05, 0.1) is 18.7 Å². The van der Waals surface area contributed by atoms with Crippen molar-refractivity contribution in [1.29, 1.82) is 0 Å². The highest BCUT2D eigenvalue weighted by molar-refractivity contribution is 8.02. The number of thioether (sulfide) groups is 1. The zero-order valence-electron chi connectivity index (χ0n) is 15.3. The number of alkyl halides is 3. The van der Waals surface area contributed by atoms with E-state index in [1.165, 1.54) is 17.8 Å². The third kappa shape index (κ3) is 6.50. The lowest BCUT2D eigenvalue weighted by atomic mass is 10.2. The lowest BCUT2D eigenvalue weighted by Crippen LogP contribution is -2.47. The molecule has 29 heavy (non-hydrogen) atoms. The quantitative estimate of drug-likeness (QED) is 0.518. The zero-order chi connectivity index (χ0) is 20.7. The molecule has 0 spiro atoms. The van der Waals surface area contributed by atoms with Gasteiger partial charge in [0.2, 0.25) is 11.8 Å². The van der Waals surface area contributed by atoms with Crippen molar-refractivity contribution in [2.45, 2.75) is 17.2 Å². The van der Waals surface area contributed by atoms with Gasteiger partial charge >= 0.3 is 6.18 Å². The molecule has 1 fully saturated rings. The smallest absolute Gasteiger partial charge is 0.417 e. The number of amides is 1. The fourth-order valence-electron chi connectivity index (χ4n) is 2.61. The summed E-state index contributed by atoms with van der Waals surface area (Å²) in [6.07, 6.45) is -2.59. The van der Waals surface area contributed by atoms with Crippen LogP contribution in [0.25, 0.3) is 0 Å². The van der Waals surface area contributed by atoms with E-state index in [1.807, 2.05) is 30.3 Å². The Morgan fingerprint density at radius 1 is 1.28 bits per heavy atom. The maximum Gasteiger partial charge on any atom is 0.417 e. The number of aromatic nitrogens is 1. The van der Waals surface area contributed by atoms with Crippen molar-refractivity contribution in [3.8, 4) is 5.88 Å². The van der Waals surface area contributed by atoms with Gasteiger partial charge in [-0.2, -0.15) is 13.2 Å². The van der Waals surface area contributed by atoms with Crippen LogP contribution in [0.5, 0.6) is 5.88 Å². The summed E-state index contributed by atoms with van der Waals surface area (Å²) in [6.45, 7) is 1.25. The van der Waals surface area contributed by atoms with E-state index in [0.717, 1.165) is 23.2 Å². The first-order valence-electron chi connectivity index (χ1n) is 8.86. The molecule has 9 heteroatoms. The maximum absolute atomic E-state index is 12.6. The van der Waals surface area contributed by atoms with Crippen molar-refractivity contribution < 1.29 is 27.4 Å². The molecule has 0 aliphatic carbocycles. The molecule has 1 unspecified atom stereocenters. The molecular weight excluding hydrogens is 405 g/mol. The Balaban J connectivity index is 1.46. The molecule has 0 radical (unpaired) electrons. The molecule has 1 atom stereocenters. The molecule has 1 aliphatic rings. The summed E-state index contributed by atoms with van der Waals surface area (Å²) in [5.41, 5.74) is -0.837. The summed E-state index contributed by atoms with van der Waals surface area (Å²) >= 11 is 1.45. The molecule has 1 amide bonds. The summed E-state index contributed by atoms with van der Waals surface area (Å²) in [4.78, 5) is 18.7. The van der Waals surface area contributed by atoms with E-state index in [0.29, 0.717) is 19.7 Å². The largest absolute Gasteiger partial charge is 0.475 e. The number of nitrogens with zero attached hydrogens (tertiary/aromatic N) is 2. The van der Waals surface area contributed by atoms with Crippen LogP contribution in [0.4, 0.5) is 13.2 Å². The molecule has 0 saturated carbocycles. The van der Waals surface area contributed by atoms with E-state index < -0.39 is 11.7 Å². The average molecular weight is 424 g/mol. The Labute approximate surface area is 170 Å². The molecule has 0 N–H and O–H groups in total. The van der Waals surface area contributed by atoms with Crippen molar-refractivity contribution in [3.05, 3.63) is 65.7 Å². The minimum atomic E-state index is -4.44. The number of carbonyl (C=O) groups is 1. The van der Waals surface area contributed by atoms with Crippen LogP contribution in [-0.4, -0.2) is 48.2 Å². The first-order valence-corrected chi connectivity index (χ1v) is 9.74. The predicted octanol–water partition coefficient (Wildman–Crippen LogP) is 4.01. The second kappa shape index (κ2) is 9.80. The van der Waals surface area contributed by atoms with Crippen molar-refractivity contribution >= 4 is 17.7 Å². The van der Waals surface area contributed by atoms with Gasteiger partial charge in [0, 0.05) is 29.8 Å². The van der Waals surface area contributed by atoms with Gasteiger partial charge in [-0.3, -0.25) is 4.79 Å². The third-order valence-electron chi connectivity index (χ3n) is 4.09. The van der Waals surface area contributed by atoms with Gasteiger partial charge < -0.3 is 14.4 Å². The van der Waals surface area contributed by atoms with Crippen LogP contribution in [0, 0.1) is 0 Å². The molecule has 154 valence electrons. The van der Waals surface area contributed by atoms with Gasteiger partial charge in [-0.15, -0.1) is 0 Å². The first kappa shape index (κ1) is 21.2. The molecule has 2 aromatic rings. The molecule has 3 rings (SSSR count). The third-order valence-corrected chi connectivity index (χ3v) is 4.91. The molecule has 5 nitrogen and oxygen atoms in total. The van der Waals surface area contributed by atoms with E-state index in [-0.39, 0.29) is 24.5 Å². The zero-order valence-corrected chi connectivity index (χ0v) is 16.2. The van der Waals surface area contributed by atoms with Crippen molar-refractivity contribution in [2.75, 3.05) is 26.3 Å². The number of benzene rings is 1. The number of rotatable bonds is 6. The average Bonchev–Trinajstić information content (AvgIpc) is 2.73. The fraction of sp³-hybridized carbons (Fsp3) is 0.300. The number of hydrogen-bond donors (Lipinski definition) is 0. The van der Waals surface area contributed by atoms with Gasteiger partial charge in [0.15, 0.2) is 0 Å². The molecule has 1 aromatic heterocycles. The standard InChI is InChI=1S/C20H19F3N2O3S/c21-20(22,23)15-6-7-18(24-12-15)28-14-16-13-25(9-10-27-16)19(26)8-11-29-17-4-2-1-3-5-17/h1-8,11-12,16H,9-10,13-14H2/b11-8+. The number of halogens is 3. The summed E-state index contributed by atoms with van der Waals surface area (Å²) in [5, 5.41) is 1.74. The van der Waals surface area contributed by atoms with Crippen LogP contribution in [0.1, 0.15) is 5.56 Å². The summed E-state index contributed by atoms with van der Waals surface area (Å²) in [6, 6.07) is 11.8. The van der Waals surface area contributed by atoms with Crippen LogP contribution in [0.3, 0.4) is 0 Å². The summed E-state index contributed by atoms with van der Waals surface area (Å²) < 4.78 is 48.7. The van der Waals surface area contributed by atoms with E-state index >= 15 is 0 Å². The van der Waals surface area contributed by atoms with E-state index in [1.54, 1.807) is 10.3 Å². The summed E-state index contributed by atoms with van der Waals surface area (Å²) in [7, 11) is 0. The number of carbonyl (C=O) groups excluding carboxylic acids is 1. The minimum Gasteiger partial charge on any atom is -0.475 e. The van der Waals surface area contributed by atoms with Crippen molar-refractivity contribution in [2.24, 2.45) is 0 Å². The normalized spacial score (nSPS) is 17.5. The van der Waals surface area contributed by atoms with E-state index in [9.17, 15) is 18.0 Å². The molecule has 1 saturated heterocycles. The van der Waals surface area contributed by atoms with Crippen LogP contribution < -0.4 is 4.74 Å². The van der Waals surface area contributed by atoms with Crippen LogP contribution in [0.15, 0.2) is 65.0 Å². The molecule has 0 bridgehead atoms. The van der Waals surface area contributed by atoms with Gasteiger partial charge in [0.25, 0.3) is 0 Å². The highest BCUT2D eigenvalue weighted by Crippen LogP contribution is 2.29.